The smallest absolute Gasteiger partial charge is 0.339 e. The van der Waals surface area contributed by atoms with Crippen molar-refractivity contribution >= 4 is 37.5 Å². The molecule has 0 unspecified atom stereocenters. The fourth-order valence-corrected chi connectivity index (χ4v) is 2.35. The summed E-state index contributed by atoms with van der Waals surface area (Å²) in [6.07, 6.45) is 0. The highest BCUT2D eigenvalue weighted by Crippen LogP contribution is 2.36. The molecule has 6 heteroatoms. The number of carboxylic acids is 1. The van der Waals surface area contributed by atoms with Crippen LogP contribution in [0.4, 0.5) is 0 Å². The molecule has 0 aliphatic heterocycles. The molecule has 0 aliphatic rings. The number of rotatable bonds is 3. The van der Waals surface area contributed by atoms with E-state index in [0.717, 1.165) is 0 Å². The van der Waals surface area contributed by atoms with Crippen molar-refractivity contribution in [3.8, 4) is 5.75 Å². The van der Waals surface area contributed by atoms with Gasteiger partial charge in [0, 0.05) is 0 Å². The van der Waals surface area contributed by atoms with Gasteiger partial charge in [-0.2, -0.15) is 0 Å². The SMILES string of the molecule is C[Si](C)(C)Oc1c(C(=O)O)ccc(Cl)c1Cl. The number of carboxylic acid groups (broad SMARTS) is 1. The van der Waals surface area contributed by atoms with Gasteiger partial charge >= 0.3 is 5.97 Å². The average Bonchev–Trinajstić information content (AvgIpc) is 2.10. The summed E-state index contributed by atoms with van der Waals surface area (Å²) in [5, 5.41) is 9.46. The number of halogens is 2. The molecule has 0 amide bonds. The van der Waals surface area contributed by atoms with Crippen molar-refractivity contribution in [1.29, 1.82) is 0 Å². The van der Waals surface area contributed by atoms with E-state index in [0.29, 0.717) is 5.02 Å². The summed E-state index contributed by atoms with van der Waals surface area (Å²) >= 11 is 11.8. The van der Waals surface area contributed by atoms with Crippen molar-refractivity contribution in [2.24, 2.45) is 0 Å². The second kappa shape index (κ2) is 4.65. The van der Waals surface area contributed by atoms with Gasteiger partial charge in [-0.15, -0.1) is 0 Å². The quantitative estimate of drug-likeness (QED) is 0.853. The van der Waals surface area contributed by atoms with Crippen LogP contribution in [0.15, 0.2) is 12.1 Å². The maximum Gasteiger partial charge on any atom is 0.339 e. The summed E-state index contributed by atoms with van der Waals surface area (Å²) in [4.78, 5) is 11.0. The molecule has 1 rings (SSSR count). The molecule has 0 bridgehead atoms. The molecule has 0 aliphatic carbocycles. The molecular formula is C10H12Cl2O3Si. The Morgan fingerprint density at radius 3 is 2.31 bits per heavy atom. The molecule has 0 fully saturated rings. The monoisotopic (exact) mass is 278 g/mol. The minimum Gasteiger partial charge on any atom is -0.543 e. The Hall–Kier alpha value is -0.713. The van der Waals surface area contributed by atoms with E-state index in [1.807, 2.05) is 19.6 Å². The van der Waals surface area contributed by atoms with E-state index in [2.05, 4.69) is 0 Å². The molecule has 3 nitrogen and oxygen atoms in total. The Morgan fingerprint density at radius 1 is 1.31 bits per heavy atom. The van der Waals surface area contributed by atoms with Crippen LogP contribution in [0.1, 0.15) is 10.4 Å². The first-order valence-corrected chi connectivity index (χ1v) is 8.79. The summed E-state index contributed by atoms with van der Waals surface area (Å²) < 4.78 is 5.65. The number of carbonyl (C=O) groups is 1. The van der Waals surface area contributed by atoms with Gasteiger partial charge in [-0.3, -0.25) is 0 Å². The van der Waals surface area contributed by atoms with Gasteiger partial charge in [-0.1, -0.05) is 23.2 Å². The van der Waals surface area contributed by atoms with E-state index in [1.165, 1.54) is 12.1 Å². The second-order valence-corrected chi connectivity index (χ2v) is 9.47. The molecule has 1 N–H and O–H groups in total. The van der Waals surface area contributed by atoms with Crippen LogP contribution < -0.4 is 4.43 Å². The van der Waals surface area contributed by atoms with Gasteiger partial charge in [0.25, 0.3) is 0 Å². The summed E-state index contributed by atoms with van der Waals surface area (Å²) in [6, 6.07) is 2.84. The highest BCUT2D eigenvalue weighted by atomic mass is 35.5. The van der Waals surface area contributed by atoms with Crippen LogP contribution in [0.2, 0.25) is 29.7 Å². The van der Waals surface area contributed by atoms with Crippen molar-refractivity contribution in [1.82, 2.24) is 0 Å². The van der Waals surface area contributed by atoms with Crippen molar-refractivity contribution < 1.29 is 14.3 Å². The molecule has 1 aromatic carbocycles. The van der Waals surface area contributed by atoms with Crippen LogP contribution in [0.5, 0.6) is 5.75 Å². The molecule has 0 saturated carbocycles. The predicted octanol–water partition coefficient (Wildman–Crippen LogP) is 3.91. The van der Waals surface area contributed by atoms with Crippen molar-refractivity contribution in [3.63, 3.8) is 0 Å². The number of hydrogen-bond acceptors (Lipinski definition) is 2. The normalized spacial score (nSPS) is 11.3. The zero-order valence-corrected chi connectivity index (χ0v) is 11.7. The van der Waals surface area contributed by atoms with E-state index >= 15 is 0 Å². The summed E-state index contributed by atoms with van der Waals surface area (Å²) in [5.74, 6) is -0.910. The van der Waals surface area contributed by atoms with Gasteiger partial charge in [-0.05, 0) is 31.8 Å². The lowest BCUT2D eigenvalue weighted by Gasteiger charge is -2.21. The van der Waals surface area contributed by atoms with Gasteiger partial charge in [-0.25, -0.2) is 4.79 Å². The van der Waals surface area contributed by atoms with Gasteiger partial charge in [0.2, 0.25) is 8.32 Å². The van der Waals surface area contributed by atoms with E-state index < -0.39 is 14.3 Å². The number of aromatic carboxylic acids is 1. The second-order valence-electron chi connectivity index (χ2n) is 4.26. The number of hydrogen-bond donors (Lipinski definition) is 1. The average molecular weight is 279 g/mol. The zero-order chi connectivity index (χ0) is 12.5. The van der Waals surface area contributed by atoms with Gasteiger partial charge < -0.3 is 9.53 Å². The third kappa shape index (κ3) is 3.14. The lowest BCUT2D eigenvalue weighted by Crippen LogP contribution is -2.30. The van der Waals surface area contributed by atoms with Crippen LogP contribution in [0.25, 0.3) is 0 Å². The highest BCUT2D eigenvalue weighted by Gasteiger charge is 2.24. The lowest BCUT2D eigenvalue weighted by atomic mass is 10.2. The zero-order valence-electron chi connectivity index (χ0n) is 9.17. The molecule has 0 atom stereocenters. The Bertz CT molecular complexity index is 427. The molecule has 0 spiro atoms. The van der Waals surface area contributed by atoms with E-state index in [9.17, 15) is 4.79 Å². The first-order chi connectivity index (χ1) is 7.22. The van der Waals surface area contributed by atoms with E-state index in [1.54, 1.807) is 0 Å². The fraction of sp³-hybridized carbons (Fsp3) is 0.300. The fourth-order valence-electron chi connectivity index (χ4n) is 1.11. The molecule has 88 valence electrons. The van der Waals surface area contributed by atoms with Crippen LogP contribution in [-0.2, 0) is 0 Å². The first kappa shape index (κ1) is 13.4. The molecule has 0 radical (unpaired) electrons. The third-order valence-electron chi connectivity index (χ3n) is 1.69. The van der Waals surface area contributed by atoms with E-state index in [-0.39, 0.29) is 16.3 Å². The Balaban J connectivity index is 3.32. The van der Waals surface area contributed by atoms with Crippen molar-refractivity contribution in [2.45, 2.75) is 19.6 Å². The summed E-state index contributed by atoms with van der Waals surface area (Å²) in [7, 11) is -1.94. The van der Waals surface area contributed by atoms with Gasteiger partial charge in [0.05, 0.1) is 5.02 Å². The van der Waals surface area contributed by atoms with Gasteiger partial charge in [0.1, 0.15) is 16.3 Å². The van der Waals surface area contributed by atoms with Crippen LogP contribution >= 0.6 is 23.2 Å². The maximum absolute atomic E-state index is 11.0. The Morgan fingerprint density at radius 2 is 1.88 bits per heavy atom. The Kier molecular flexibility index (Phi) is 3.88. The minimum absolute atomic E-state index is 0.0387. The molecule has 1 aromatic rings. The Labute approximate surface area is 105 Å². The van der Waals surface area contributed by atoms with Crippen molar-refractivity contribution in [3.05, 3.63) is 27.7 Å². The molecule has 16 heavy (non-hydrogen) atoms. The van der Waals surface area contributed by atoms with Crippen molar-refractivity contribution in [2.75, 3.05) is 0 Å². The molecule has 0 aromatic heterocycles. The first-order valence-electron chi connectivity index (χ1n) is 4.62. The maximum atomic E-state index is 11.0. The molecule has 0 heterocycles. The summed E-state index contributed by atoms with van der Waals surface area (Å²) in [5.41, 5.74) is 0.0387. The standard InChI is InChI=1S/C10H12Cl2O3Si/c1-16(2,3)15-9-6(10(13)14)4-5-7(11)8(9)12/h4-5H,1-3H3,(H,13,14). The largest absolute Gasteiger partial charge is 0.543 e. The topological polar surface area (TPSA) is 46.5 Å². The van der Waals surface area contributed by atoms with Crippen LogP contribution in [0.3, 0.4) is 0 Å². The molecule has 0 saturated heterocycles. The van der Waals surface area contributed by atoms with Crippen LogP contribution in [-0.4, -0.2) is 19.4 Å². The van der Waals surface area contributed by atoms with Crippen LogP contribution in [0, 0.1) is 0 Å². The number of benzene rings is 1. The van der Waals surface area contributed by atoms with E-state index in [4.69, 9.17) is 32.7 Å². The minimum atomic E-state index is -1.94. The predicted molar refractivity (Wildman–Crippen MR) is 67.4 cm³/mol. The highest BCUT2D eigenvalue weighted by molar-refractivity contribution is 6.70. The van der Waals surface area contributed by atoms with Gasteiger partial charge in [0.15, 0.2) is 0 Å². The third-order valence-corrected chi connectivity index (χ3v) is 3.29. The molecular weight excluding hydrogens is 267 g/mol. The summed E-state index contributed by atoms with van der Waals surface area (Å²) in [6.45, 7) is 5.82. The lowest BCUT2D eigenvalue weighted by molar-refractivity contribution is 0.0695.